The van der Waals surface area contributed by atoms with E-state index in [1.54, 1.807) is 0 Å². The fourth-order valence-corrected chi connectivity index (χ4v) is 1.47. The van der Waals surface area contributed by atoms with Gasteiger partial charge in [-0.1, -0.05) is 6.92 Å². The van der Waals surface area contributed by atoms with E-state index in [9.17, 15) is 13.2 Å². The van der Waals surface area contributed by atoms with Gasteiger partial charge in [-0.15, -0.1) is 0 Å². The van der Waals surface area contributed by atoms with E-state index >= 15 is 0 Å². The van der Waals surface area contributed by atoms with Crippen LogP contribution >= 0.6 is 0 Å². The van der Waals surface area contributed by atoms with Crippen LogP contribution < -0.4 is 5.73 Å². The Morgan fingerprint density at radius 2 is 2.00 bits per heavy atom. The molecule has 0 radical (unpaired) electrons. The molecule has 4 nitrogen and oxygen atoms in total. The van der Waals surface area contributed by atoms with Crippen molar-refractivity contribution in [3.8, 4) is 0 Å². The van der Waals surface area contributed by atoms with Crippen LogP contribution in [-0.2, 0) is 14.6 Å². The van der Waals surface area contributed by atoms with Crippen molar-refractivity contribution in [1.29, 1.82) is 0 Å². The number of carbonyl (C=O) groups excluding carboxylic acids is 1. The predicted molar refractivity (Wildman–Crippen MR) is 52.2 cm³/mol. The molecule has 0 aliphatic carbocycles. The zero-order valence-electron chi connectivity index (χ0n) is 8.12. The van der Waals surface area contributed by atoms with Crippen molar-refractivity contribution >= 4 is 15.6 Å². The average molecular weight is 207 g/mol. The number of rotatable bonds is 6. The molecule has 0 aromatic rings. The molecule has 0 fully saturated rings. The van der Waals surface area contributed by atoms with Gasteiger partial charge in [-0.25, -0.2) is 8.42 Å². The lowest BCUT2D eigenvalue weighted by Gasteiger charge is -2.05. The minimum Gasteiger partial charge on any atom is -0.330 e. The van der Waals surface area contributed by atoms with Crippen molar-refractivity contribution in [2.45, 2.75) is 19.8 Å². The molecule has 0 spiro atoms. The Hall–Kier alpha value is -0.420. The molecule has 13 heavy (non-hydrogen) atoms. The molecule has 1 unspecified atom stereocenters. The van der Waals surface area contributed by atoms with E-state index in [1.165, 1.54) is 0 Å². The van der Waals surface area contributed by atoms with Crippen LogP contribution in [0.3, 0.4) is 0 Å². The van der Waals surface area contributed by atoms with Crippen LogP contribution in [0.15, 0.2) is 0 Å². The highest BCUT2D eigenvalue weighted by Crippen LogP contribution is 2.03. The molecule has 0 rings (SSSR count). The Morgan fingerprint density at radius 1 is 1.46 bits per heavy atom. The van der Waals surface area contributed by atoms with Crippen LogP contribution in [-0.4, -0.2) is 32.8 Å². The second-order valence-corrected chi connectivity index (χ2v) is 5.72. The largest absolute Gasteiger partial charge is 0.330 e. The van der Waals surface area contributed by atoms with Crippen molar-refractivity contribution in [1.82, 2.24) is 0 Å². The molecule has 0 aliphatic rings. The molecule has 0 bridgehead atoms. The second-order valence-electron chi connectivity index (χ2n) is 3.46. The maximum absolute atomic E-state index is 11.1. The summed E-state index contributed by atoms with van der Waals surface area (Å²) in [6.07, 6.45) is 1.63. The molecular weight excluding hydrogens is 190 g/mol. The van der Waals surface area contributed by atoms with Gasteiger partial charge in [0.2, 0.25) is 0 Å². The van der Waals surface area contributed by atoms with Gasteiger partial charge >= 0.3 is 0 Å². The number of nitrogens with two attached hydrogens (primary N) is 1. The summed E-state index contributed by atoms with van der Waals surface area (Å²) in [4.78, 5) is 11.1. The van der Waals surface area contributed by atoms with E-state index in [2.05, 4.69) is 0 Å². The van der Waals surface area contributed by atoms with Gasteiger partial charge in [-0.3, -0.25) is 4.79 Å². The quantitative estimate of drug-likeness (QED) is 0.663. The standard InChI is InChI=1S/C8H17NO3S/c1-7(6-9)5-8(10)3-4-13(2,11)12/h7H,3-6,9H2,1-2H3. The van der Waals surface area contributed by atoms with E-state index < -0.39 is 9.84 Å². The summed E-state index contributed by atoms with van der Waals surface area (Å²) in [5.74, 6) is 0.0683. The summed E-state index contributed by atoms with van der Waals surface area (Å²) < 4.78 is 21.4. The van der Waals surface area contributed by atoms with Gasteiger partial charge in [-0.05, 0) is 12.5 Å². The lowest BCUT2D eigenvalue weighted by Crippen LogP contribution is -2.17. The summed E-state index contributed by atoms with van der Waals surface area (Å²) in [6, 6.07) is 0. The second kappa shape index (κ2) is 5.34. The van der Waals surface area contributed by atoms with Crippen molar-refractivity contribution in [3.63, 3.8) is 0 Å². The van der Waals surface area contributed by atoms with E-state index in [4.69, 9.17) is 5.73 Å². The average Bonchev–Trinajstić information content (AvgIpc) is 1.99. The van der Waals surface area contributed by atoms with Gasteiger partial charge in [0, 0.05) is 19.1 Å². The van der Waals surface area contributed by atoms with Crippen LogP contribution in [0.25, 0.3) is 0 Å². The summed E-state index contributed by atoms with van der Waals surface area (Å²) in [6.45, 7) is 2.34. The molecule has 2 N–H and O–H groups in total. The van der Waals surface area contributed by atoms with E-state index in [1.807, 2.05) is 6.92 Å². The first-order valence-electron chi connectivity index (χ1n) is 4.24. The first-order valence-corrected chi connectivity index (χ1v) is 6.30. The Morgan fingerprint density at radius 3 is 2.38 bits per heavy atom. The molecule has 0 saturated carbocycles. The molecule has 0 heterocycles. The summed E-state index contributed by atoms with van der Waals surface area (Å²) >= 11 is 0. The molecule has 0 aliphatic heterocycles. The van der Waals surface area contributed by atoms with Crippen molar-refractivity contribution in [3.05, 3.63) is 0 Å². The number of sulfone groups is 1. The van der Waals surface area contributed by atoms with Crippen molar-refractivity contribution in [2.75, 3.05) is 18.6 Å². The first kappa shape index (κ1) is 12.6. The van der Waals surface area contributed by atoms with Gasteiger partial charge in [0.05, 0.1) is 5.75 Å². The Labute approximate surface area is 79.4 Å². The van der Waals surface area contributed by atoms with Crippen LogP contribution in [0.4, 0.5) is 0 Å². The SMILES string of the molecule is CC(CN)CC(=O)CCS(C)(=O)=O. The Balaban J connectivity index is 3.77. The third kappa shape index (κ3) is 7.93. The molecule has 78 valence electrons. The number of hydrogen-bond donors (Lipinski definition) is 1. The lowest BCUT2D eigenvalue weighted by molar-refractivity contribution is -0.119. The number of hydrogen-bond acceptors (Lipinski definition) is 4. The van der Waals surface area contributed by atoms with E-state index in [0.29, 0.717) is 13.0 Å². The van der Waals surface area contributed by atoms with Gasteiger partial charge in [0.25, 0.3) is 0 Å². The fourth-order valence-electron chi connectivity index (χ4n) is 0.873. The third-order valence-corrected chi connectivity index (χ3v) is 2.68. The van der Waals surface area contributed by atoms with Gasteiger partial charge in [0.1, 0.15) is 15.6 Å². The smallest absolute Gasteiger partial charge is 0.147 e. The summed E-state index contributed by atoms with van der Waals surface area (Å²) in [5.41, 5.74) is 5.33. The predicted octanol–water partition coefficient (Wildman–Crippen LogP) is -0.0249. The van der Waals surface area contributed by atoms with Gasteiger partial charge in [-0.2, -0.15) is 0 Å². The molecular formula is C8H17NO3S. The maximum Gasteiger partial charge on any atom is 0.147 e. The molecule has 1 atom stereocenters. The summed E-state index contributed by atoms with van der Waals surface area (Å²) in [5, 5.41) is 0. The van der Waals surface area contributed by atoms with Crippen LogP contribution in [0.2, 0.25) is 0 Å². The monoisotopic (exact) mass is 207 g/mol. The van der Waals surface area contributed by atoms with Crippen LogP contribution in [0.1, 0.15) is 19.8 Å². The molecule has 0 saturated heterocycles. The fraction of sp³-hybridized carbons (Fsp3) is 0.875. The van der Waals surface area contributed by atoms with Gasteiger partial charge in [0.15, 0.2) is 0 Å². The Bertz CT molecular complexity index is 259. The summed E-state index contributed by atoms with van der Waals surface area (Å²) in [7, 11) is -3.01. The minimum atomic E-state index is -3.01. The molecule has 0 amide bonds. The first-order chi connectivity index (χ1) is 5.85. The zero-order valence-corrected chi connectivity index (χ0v) is 8.93. The zero-order chi connectivity index (χ0) is 10.5. The van der Waals surface area contributed by atoms with E-state index in [0.717, 1.165) is 6.26 Å². The lowest BCUT2D eigenvalue weighted by atomic mass is 10.0. The van der Waals surface area contributed by atoms with Crippen LogP contribution in [0.5, 0.6) is 0 Å². The molecule has 5 heteroatoms. The number of ketones is 1. The molecule has 0 aromatic carbocycles. The Kier molecular flexibility index (Phi) is 5.17. The van der Waals surface area contributed by atoms with Crippen molar-refractivity contribution in [2.24, 2.45) is 11.7 Å². The highest BCUT2D eigenvalue weighted by Gasteiger charge is 2.10. The minimum absolute atomic E-state index is 0.0247. The molecule has 0 aromatic heterocycles. The highest BCUT2D eigenvalue weighted by molar-refractivity contribution is 7.90. The normalized spacial score (nSPS) is 14.1. The highest BCUT2D eigenvalue weighted by atomic mass is 32.2. The topological polar surface area (TPSA) is 77.2 Å². The van der Waals surface area contributed by atoms with E-state index in [-0.39, 0.29) is 23.9 Å². The third-order valence-electron chi connectivity index (χ3n) is 1.73. The van der Waals surface area contributed by atoms with Gasteiger partial charge < -0.3 is 5.73 Å². The number of carbonyl (C=O) groups is 1. The maximum atomic E-state index is 11.1. The van der Waals surface area contributed by atoms with Crippen LogP contribution in [0, 0.1) is 5.92 Å². The number of Topliss-reactive ketones (excluding diaryl/α,β-unsaturated/α-hetero) is 1. The van der Waals surface area contributed by atoms with Crippen molar-refractivity contribution < 1.29 is 13.2 Å².